The summed E-state index contributed by atoms with van der Waals surface area (Å²) in [7, 11) is 1.41. The Hall–Kier alpha value is -1.00. The third-order valence-electron chi connectivity index (χ3n) is 1.55. The number of nitrogens with zero attached hydrogens (tertiary/aromatic N) is 1. The lowest BCUT2D eigenvalue weighted by Crippen LogP contribution is -2.11. The zero-order valence-corrected chi connectivity index (χ0v) is 8.34. The van der Waals surface area contributed by atoms with Crippen LogP contribution in [0.3, 0.4) is 0 Å². The molecule has 0 N–H and O–H groups in total. The lowest BCUT2D eigenvalue weighted by molar-refractivity contribution is -0.122. The minimum atomic E-state index is -0.568. The van der Waals surface area contributed by atoms with Gasteiger partial charge in [-0.15, -0.1) is 0 Å². The summed E-state index contributed by atoms with van der Waals surface area (Å²) in [6.45, 7) is -0.0379. The molecule has 0 fully saturated rings. The van der Waals surface area contributed by atoms with Crippen LogP contribution in [0.2, 0.25) is 5.02 Å². The van der Waals surface area contributed by atoms with Crippen molar-refractivity contribution < 1.29 is 13.9 Å². The van der Waals surface area contributed by atoms with Crippen LogP contribution >= 0.6 is 11.6 Å². The average molecular weight is 218 g/mol. The Kier molecular flexibility index (Phi) is 3.98. The number of pyridine rings is 1. The van der Waals surface area contributed by atoms with Gasteiger partial charge in [0.15, 0.2) is 5.78 Å². The first-order valence-corrected chi connectivity index (χ1v) is 4.32. The highest BCUT2D eigenvalue weighted by molar-refractivity contribution is 6.30. The molecule has 0 unspecified atom stereocenters. The molecule has 0 spiro atoms. The molecule has 0 saturated heterocycles. The third kappa shape index (κ3) is 3.05. The first-order chi connectivity index (χ1) is 6.63. The fourth-order valence-corrected chi connectivity index (χ4v) is 1.12. The van der Waals surface area contributed by atoms with Crippen LogP contribution in [0, 0.1) is 5.82 Å². The largest absolute Gasteiger partial charge is 0.377 e. The zero-order valence-electron chi connectivity index (χ0n) is 7.59. The van der Waals surface area contributed by atoms with E-state index in [-0.39, 0.29) is 29.5 Å². The Balaban J connectivity index is 2.72. The lowest BCUT2D eigenvalue weighted by atomic mass is 10.2. The zero-order chi connectivity index (χ0) is 10.6. The molecule has 0 saturated carbocycles. The molecule has 0 aliphatic carbocycles. The molecular formula is C9H9ClFNO2. The number of rotatable bonds is 4. The van der Waals surface area contributed by atoms with Gasteiger partial charge in [-0.2, -0.15) is 0 Å². The van der Waals surface area contributed by atoms with Crippen molar-refractivity contribution in [3.8, 4) is 0 Å². The van der Waals surface area contributed by atoms with Crippen molar-refractivity contribution in [3.63, 3.8) is 0 Å². The van der Waals surface area contributed by atoms with E-state index in [1.54, 1.807) is 0 Å². The van der Waals surface area contributed by atoms with E-state index in [1.807, 2.05) is 0 Å². The molecule has 76 valence electrons. The smallest absolute Gasteiger partial charge is 0.164 e. The van der Waals surface area contributed by atoms with Crippen molar-refractivity contribution in [3.05, 3.63) is 28.8 Å². The van der Waals surface area contributed by atoms with Crippen LogP contribution in [0.5, 0.6) is 0 Å². The molecule has 1 aromatic rings. The van der Waals surface area contributed by atoms with Gasteiger partial charge in [-0.3, -0.25) is 9.78 Å². The van der Waals surface area contributed by atoms with Crippen molar-refractivity contribution >= 4 is 17.4 Å². The van der Waals surface area contributed by atoms with Crippen LogP contribution in [-0.2, 0) is 16.0 Å². The molecule has 14 heavy (non-hydrogen) atoms. The van der Waals surface area contributed by atoms with E-state index in [1.165, 1.54) is 13.3 Å². The number of hydrogen-bond acceptors (Lipinski definition) is 3. The maximum Gasteiger partial charge on any atom is 0.164 e. The summed E-state index contributed by atoms with van der Waals surface area (Å²) >= 11 is 5.50. The molecule has 0 aliphatic rings. The van der Waals surface area contributed by atoms with E-state index in [0.717, 1.165) is 6.07 Å². The number of Topliss-reactive ketones (excluding diaryl/α,β-unsaturated/α-hetero) is 1. The SMILES string of the molecule is COCC(=O)Cc1ncc(Cl)cc1F. The predicted molar refractivity (Wildman–Crippen MR) is 49.8 cm³/mol. The topological polar surface area (TPSA) is 39.2 Å². The number of aromatic nitrogens is 1. The van der Waals surface area contributed by atoms with Crippen LogP contribution in [-0.4, -0.2) is 24.5 Å². The van der Waals surface area contributed by atoms with Crippen molar-refractivity contribution in [1.29, 1.82) is 0 Å². The second kappa shape index (κ2) is 5.02. The first-order valence-electron chi connectivity index (χ1n) is 3.94. The minimum Gasteiger partial charge on any atom is -0.377 e. The Morgan fingerprint density at radius 1 is 1.71 bits per heavy atom. The van der Waals surface area contributed by atoms with E-state index in [0.29, 0.717) is 0 Å². The maximum atomic E-state index is 13.1. The van der Waals surface area contributed by atoms with Gasteiger partial charge in [-0.25, -0.2) is 4.39 Å². The molecule has 0 amide bonds. The highest BCUT2D eigenvalue weighted by Crippen LogP contribution is 2.12. The van der Waals surface area contributed by atoms with Gasteiger partial charge < -0.3 is 4.74 Å². The van der Waals surface area contributed by atoms with Crippen molar-refractivity contribution in [2.45, 2.75) is 6.42 Å². The summed E-state index contributed by atoms with van der Waals surface area (Å²) in [6, 6.07) is 1.13. The molecule has 0 aromatic carbocycles. The number of halogens is 2. The predicted octanol–water partition coefficient (Wildman–Crippen LogP) is 1.63. The quantitative estimate of drug-likeness (QED) is 0.770. The molecule has 0 bridgehead atoms. The van der Waals surface area contributed by atoms with Crippen LogP contribution < -0.4 is 0 Å². The second-order valence-electron chi connectivity index (χ2n) is 2.73. The summed E-state index contributed by atoms with van der Waals surface area (Å²) in [6.07, 6.45) is 1.23. The number of hydrogen-bond donors (Lipinski definition) is 0. The van der Waals surface area contributed by atoms with E-state index < -0.39 is 5.82 Å². The molecule has 1 rings (SSSR count). The normalized spacial score (nSPS) is 10.2. The van der Waals surface area contributed by atoms with Crippen molar-refractivity contribution in [1.82, 2.24) is 4.98 Å². The van der Waals surface area contributed by atoms with Gasteiger partial charge in [0.05, 0.1) is 17.1 Å². The van der Waals surface area contributed by atoms with Gasteiger partial charge in [0.1, 0.15) is 12.4 Å². The number of carbonyl (C=O) groups is 1. The fraction of sp³-hybridized carbons (Fsp3) is 0.333. The first kappa shape index (κ1) is 11.1. The summed E-state index contributed by atoms with van der Waals surface area (Å²) in [5, 5.41) is 0.213. The van der Waals surface area contributed by atoms with Gasteiger partial charge in [0.2, 0.25) is 0 Å². The summed E-state index contributed by atoms with van der Waals surface area (Å²) in [4.78, 5) is 14.8. The van der Waals surface area contributed by atoms with E-state index in [9.17, 15) is 9.18 Å². The number of carbonyl (C=O) groups excluding carboxylic acids is 1. The number of ketones is 1. The molecule has 3 nitrogen and oxygen atoms in total. The van der Waals surface area contributed by atoms with Gasteiger partial charge in [0, 0.05) is 13.3 Å². The summed E-state index contributed by atoms with van der Waals surface area (Å²) in [5.74, 6) is -0.789. The van der Waals surface area contributed by atoms with Crippen molar-refractivity contribution in [2.75, 3.05) is 13.7 Å². The van der Waals surface area contributed by atoms with E-state index in [2.05, 4.69) is 9.72 Å². The minimum absolute atomic E-state index is 0.0379. The Bertz CT molecular complexity index is 344. The van der Waals surface area contributed by atoms with E-state index >= 15 is 0 Å². The maximum absolute atomic E-state index is 13.1. The summed E-state index contributed by atoms with van der Waals surface area (Å²) in [5.41, 5.74) is 0.0939. The Labute approximate surface area is 85.9 Å². The average Bonchev–Trinajstić information content (AvgIpc) is 2.10. The van der Waals surface area contributed by atoms with Crippen molar-refractivity contribution in [2.24, 2.45) is 0 Å². The highest BCUT2D eigenvalue weighted by atomic mass is 35.5. The fourth-order valence-electron chi connectivity index (χ4n) is 0.972. The molecule has 0 radical (unpaired) electrons. The van der Waals surface area contributed by atoms with Gasteiger partial charge in [-0.05, 0) is 6.07 Å². The molecule has 1 aromatic heterocycles. The molecule has 0 aliphatic heterocycles. The Morgan fingerprint density at radius 3 is 3.00 bits per heavy atom. The number of methoxy groups -OCH3 is 1. The second-order valence-corrected chi connectivity index (χ2v) is 3.17. The van der Waals surface area contributed by atoms with Gasteiger partial charge in [-0.1, -0.05) is 11.6 Å². The molecule has 1 heterocycles. The highest BCUT2D eigenvalue weighted by Gasteiger charge is 2.09. The van der Waals surface area contributed by atoms with Crippen LogP contribution in [0.25, 0.3) is 0 Å². The number of ether oxygens (including phenoxy) is 1. The Morgan fingerprint density at radius 2 is 2.43 bits per heavy atom. The summed E-state index contributed by atoms with van der Waals surface area (Å²) < 4.78 is 17.7. The third-order valence-corrected chi connectivity index (χ3v) is 1.76. The van der Waals surface area contributed by atoms with Gasteiger partial charge in [0.25, 0.3) is 0 Å². The van der Waals surface area contributed by atoms with Gasteiger partial charge >= 0.3 is 0 Å². The van der Waals surface area contributed by atoms with Crippen LogP contribution in [0.15, 0.2) is 12.3 Å². The standard InChI is InChI=1S/C9H9ClFNO2/c1-14-5-7(13)3-9-8(11)2-6(10)4-12-9/h2,4H,3,5H2,1H3. The molecule has 5 heteroatoms. The van der Waals surface area contributed by atoms with E-state index in [4.69, 9.17) is 11.6 Å². The lowest BCUT2D eigenvalue weighted by Gasteiger charge is -2.01. The van der Waals surface area contributed by atoms with Crippen LogP contribution in [0.4, 0.5) is 4.39 Å². The molecule has 0 atom stereocenters. The monoisotopic (exact) mass is 217 g/mol. The molecular weight excluding hydrogens is 209 g/mol. The van der Waals surface area contributed by atoms with Crippen LogP contribution in [0.1, 0.15) is 5.69 Å².